The van der Waals surface area contributed by atoms with Crippen LogP contribution in [0.3, 0.4) is 0 Å². The Labute approximate surface area is 173 Å². The molecule has 3 aromatic heterocycles. The minimum Gasteiger partial charge on any atom is -0.324 e. The highest BCUT2D eigenvalue weighted by Gasteiger charge is 2.17. The number of hydrogen-bond acceptors (Lipinski definition) is 6. The SMILES string of the molecule is CCn1c(=O)c2cnc(Nc3ccc4c(c3)CCNC4)nc2n1-c1ccnc(C)c1. The highest BCUT2D eigenvalue weighted by molar-refractivity contribution is 5.77. The summed E-state index contributed by atoms with van der Waals surface area (Å²) in [5.74, 6) is 0.462. The van der Waals surface area contributed by atoms with Crippen molar-refractivity contribution in [3.8, 4) is 5.69 Å². The van der Waals surface area contributed by atoms with Crippen molar-refractivity contribution in [1.29, 1.82) is 0 Å². The van der Waals surface area contributed by atoms with Crippen molar-refractivity contribution in [3.63, 3.8) is 0 Å². The maximum Gasteiger partial charge on any atom is 0.278 e. The Morgan fingerprint density at radius 2 is 2.07 bits per heavy atom. The normalized spacial score (nSPS) is 13.4. The topological polar surface area (TPSA) is 89.7 Å². The summed E-state index contributed by atoms with van der Waals surface area (Å²) in [5, 5.41) is 7.18. The van der Waals surface area contributed by atoms with Crippen LogP contribution in [0.15, 0.2) is 47.5 Å². The zero-order chi connectivity index (χ0) is 20.7. The molecule has 152 valence electrons. The van der Waals surface area contributed by atoms with Gasteiger partial charge in [-0.15, -0.1) is 0 Å². The lowest BCUT2D eigenvalue weighted by Gasteiger charge is -2.18. The molecule has 4 heterocycles. The molecule has 1 aliphatic rings. The van der Waals surface area contributed by atoms with Crippen LogP contribution in [0, 0.1) is 6.92 Å². The van der Waals surface area contributed by atoms with Gasteiger partial charge in [-0.25, -0.2) is 14.3 Å². The standard InChI is InChI=1S/C22H23N7O/c1-3-28-21(30)19-13-25-22(26-17-5-4-16-12-23-8-6-15(16)11-17)27-20(19)29(28)18-7-9-24-14(2)10-18/h4-5,7,9-11,13,23H,3,6,8,12H2,1-2H3,(H,25,26,27). The predicted molar refractivity (Wildman–Crippen MR) is 116 cm³/mol. The maximum atomic E-state index is 12.9. The number of anilines is 2. The number of rotatable bonds is 4. The number of nitrogens with one attached hydrogen (secondary N) is 2. The molecule has 4 aromatic rings. The van der Waals surface area contributed by atoms with Crippen LogP contribution in [0.4, 0.5) is 11.6 Å². The van der Waals surface area contributed by atoms with Gasteiger partial charge in [0.2, 0.25) is 5.95 Å². The molecular formula is C22H23N7O. The highest BCUT2D eigenvalue weighted by Crippen LogP contribution is 2.22. The summed E-state index contributed by atoms with van der Waals surface area (Å²) in [5.41, 5.74) is 5.80. The zero-order valence-electron chi connectivity index (χ0n) is 17.0. The molecule has 0 radical (unpaired) electrons. The van der Waals surface area contributed by atoms with Crippen molar-refractivity contribution in [1.82, 2.24) is 29.6 Å². The third-order valence-electron chi connectivity index (χ3n) is 5.45. The van der Waals surface area contributed by atoms with Crippen LogP contribution in [-0.4, -0.2) is 30.9 Å². The van der Waals surface area contributed by atoms with Crippen LogP contribution in [0.1, 0.15) is 23.7 Å². The molecule has 5 rings (SSSR count). The van der Waals surface area contributed by atoms with Gasteiger partial charge in [0.05, 0.1) is 5.69 Å². The van der Waals surface area contributed by atoms with E-state index in [9.17, 15) is 4.79 Å². The van der Waals surface area contributed by atoms with Gasteiger partial charge in [-0.3, -0.25) is 9.78 Å². The van der Waals surface area contributed by atoms with Crippen LogP contribution in [-0.2, 0) is 19.5 Å². The van der Waals surface area contributed by atoms with Crippen molar-refractivity contribution in [2.45, 2.75) is 33.4 Å². The van der Waals surface area contributed by atoms with Gasteiger partial charge in [-0.1, -0.05) is 6.07 Å². The lowest BCUT2D eigenvalue weighted by molar-refractivity contribution is 0.574. The van der Waals surface area contributed by atoms with Crippen LogP contribution in [0.25, 0.3) is 16.7 Å². The molecule has 0 spiro atoms. The monoisotopic (exact) mass is 401 g/mol. The van der Waals surface area contributed by atoms with Crippen molar-refractivity contribution >= 4 is 22.7 Å². The van der Waals surface area contributed by atoms with Crippen molar-refractivity contribution in [2.75, 3.05) is 11.9 Å². The quantitative estimate of drug-likeness (QED) is 0.547. The minimum absolute atomic E-state index is 0.102. The van der Waals surface area contributed by atoms with E-state index in [1.165, 1.54) is 11.1 Å². The Kier molecular flexibility index (Phi) is 4.55. The fraction of sp³-hybridized carbons (Fsp3) is 0.273. The highest BCUT2D eigenvalue weighted by atomic mass is 16.1. The lowest BCUT2D eigenvalue weighted by Crippen LogP contribution is -2.23. The third-order valence-corrected chi connectivity index (χ3v) is 5.45. The van der Waals surface area contributed by atoms with Gasteiger partial charge in [-0.2, -0.15) is 4.98 Å². The minimum atomic E-state index is -0.102. The second-order valence-electron chi connectivity index (χ2n) is 7.45. The van der Waals surface area contributed by atoms with Gasteiger partial charge < -0.3 is 10.6 Å². The first-order valence-electron chi connectivity index (χ1n) is 10.1. The maximum absolute atomic E-state index is 12.9. The molecule has 0 atom stereocenters. The molecule has 1 aliphatic heterocycles. The number of pyridine rings is 1. The van der Waals surface area contributed by atoms with Crippen molar-refractivity contribution in [3.05, 3.63) is 69.9 Å². The summed E-state index contributed by atoms with van der Waals surface area (Å²) in [4.78, 5) is 26.3. The lowest BCUT2D eigenvalue weighted by atomic mass is 10.0. The molecule has 8 nitrogen and oxygen atoms in total. The van der Waals surface area contributed by atoms with Crippen LogP contribution >= 0.6 is 0 Å². The molecule has 30 heavy (non-hydrogen) atoms. The van der Waals surface area contributed by atoms with E-state index in [2.05, 4.69) is 32.7 Å². The molecule has 0 fully saturated rings. The van der Waals surface area contributed by atoms with E-state index in [0.29, 0.717) is 23.5 Å². The average molecular weight is 401 g/mol. The van der Waals surface area contributed by atoms with E-state index in [4.69, 9.17) is 4.98 Å². The number of nitrogens with zero attached hydrogens (tertiary/aromatic N) is 5. The number of benzene rings is 1. The van der Waals surface area contributed by atoms with Crippen LogP contribution < -0.4 is 16.2 Å². The smallest absolute Gasteiger partial charge is 0.278 e. The number of fused-ring (bicyclic) bond motifs is 2. The molecule has 0 saturated carbocycles. The number of aryl methyl sites for hydroxylation is 1. The van der Waals surface area contributed by atoms with Gasteiger partial charge in [0, 0.05) is 36.9 Å². The van der Waals surface area contributed by atoms with Crippen LogP contribution in [0.2, 0.25) is 0 Å². The van der Waals surface area contributed by atoms with E-state index < -0.39 is 0 Å². The van der Waals surface area contributed by atoms with Crippen molar-refractivity contribution < 1.29 is 0 Å². The van der Waals surface area contributed by atoms with Gasteiger partial charge in [0.25, 0.3) is 5.56 Å². The Balaban J connectivity index is 1.60. The van der Waals surface area contributed by atoms with E-state index in [-0.39, 0.29) is 5.56 Å². The Hall–Kier alpha value is -3.52. The molecule has 0 aliphatic carbocycles. The number of aromatic nitrogens is 5. The first kappa shape index (κ1) is 18.5. The predicted octanol–water partition coefficient (Wildman–Crippen LogP) is 2.69. The summed E-state index contributed by atoms with van der Waals surface area (Å²) in [6.45, 7) is 6.29. The summed E-state index contributed by atoms with van der Waals surface area (Å²) in [6, 6.07) is 10.1. The van der Waals surface area contributed by atoms with E-state index in [1.807, 2.05) is 36.7 Å². The molecule has 1 aromatic carbocycles. The van der Waals surface area contributed by atoms with Crippen LogP contribution in [0.5, 0.6) is 0 Å². The van der Waals surface area contributed by atoms with Gasteiger partial charge in [-0.05, 0) is 62.2 Å². The first-order valence-corrected chi connectivity index (χ1v) is 10.1. The Morgan fingerprint density at radius 1 is 1.17 bits per heavy atom. The van der Waals surface area contributed by atoms with Crippen molar-refractivity contribution in [2.24, 2.45) is 0 Å². The fourth-order valence-corrected chi connectivity index (χ4v) is 3.98. The molecule has 0 saturated heterocycles. The summed E-state index contributed by atoms with van der Waals surface area (Å²) in [7, 11) is 0. The Morgan fingerprint density at radius 3 is 2.90 bits per heavy atom. The second-order valence-corrected chi connectivity index (χ2v) is 7.45. The number of hydrogen-bond donors (Lipinski definition) is 2. The van der Waals surface area contributed by atoms with Gasteiger partial charge in [0.15, 0.2) is 5.65 Å². The average Bonchev–Trinajstić information content (AvgIpc) is 3.04. The van der Waals surface area contributed by atoms with Gasteiger partial charge in [0.1, 0.15) is 5.39 Å². The van der Waals surface area contributed by atoms with E-state index in [0.717, 1.165) is 36.6 Å². The van der Waals surface area contributed by atoms with Gasteiger partial charge >= 0.3 is 0 Å². The fourth-order valence-electron chi connectivity index (χ4n) is 3.98. The Bertz CT molecular complexity index is 1300. The molecule has 2 N–H and O–H groups in total. The third kappa shape index (κ3) is 3.15. The van der Waals surface area contributed by atoms with E-state index in [1.54, 1.807) is 17.1 Å². The first-order chi connectivity index (χ1) is 14.6. The summed E-state index contributed by atoms with van der Waals surface area (Å²) >= 11 is 0. The zero-order valence-corrected chi connectivity index (χ0v) is 17.0. The molecule has 8 heteroatoms. The summed E-state index contributed by atoms with van der Waals surface area (Å²) < 4.78 is 3.52. The van der Waals surface area contributed by atoms with E-state index >= 15 is 0 Å². The largest absolute Gasteiger partial charge is 0.324 e. The summed E-state index contributed by atoms with van der Waals surface area (Å²) in [6.07, 6.45) is 4.35. The molecule has 0 bridgehead atoms. The second kappa shape index (κ2) is 7.38. The molecular weight excluding hydrogens is 378 g/mol. The molecule has 0 amide bonds. The molecule has 0 unspecified atom stereocenters.